The zero-order chi connectivity index (χ0) is 28.2. The second-order valence-corrected chi connectivity index (χ2v) is 11.2. The van der Waals surface area contributed by atoms with Crippen molar-refractivity contribution in [3.05, 3.63) is 71.4 Å². The van der Waals surface area contributed by atoms with Crippen molar-refractivity contribution in [2.24, 2.45) is 16.7 Å². The van der Waals surface area contributed by atoms with E-state index in [1.165, 1.54) is 7.11 Å². The maximum absolute atomic E-state index is 13.9. The molecule has 2 atom stereocenters. The van der Waals surface area contributed by atoms with Gasteiger partial charge in [0.1, 0.15) is 5.41 Å². The molecule has 0 bridgehead atoms. The summed E-state index contributed by atoms with van der Waals surface area (Å²) in [5, 5.41) is 2.93. The molecule has 1 aliphatic heterocycles. The third kappa shape index (κ3) is 5.95. The topological polar surface area (TPSA) is 94.2 Å². The maximum atomic E-state index is 13.9. The van der Waals surface area contributed by atoms with Gasteiger partial charge in [0.25, 0.3) is 0 Å². The number of nitrogens with zero attached hydrogens (tertiary/aromatic N) is 1. The average Bonchev–Trinajstić information content (AvgIpc) is 2.93. The molecule has 2 amide bonds. The highest BCUT2D eigenvalue weighted by Crippen LogP contribution is 2.55. The van der Waals surface area contributed by atoms with Crippen LogP contribution in [0, 0.1) is 16.7 Å². The van der Waals surface area contributed by atoms with Crippen molar-refractivity contribution in [2.75, 3.05) is 21.3 Å². The van der Waals surface area contributed by atoms with Crippen LogP contribution in [0.5, 0.6) is 11.5 Å². The van der Waals surface area contributed by atoms with Crippen LogP contribution in [0.1, 0.15) is 50.7 Å². The minimum Gasteiger partial charge on any atom is -0.493 e. The molecule has 0 radical (unpaired) electrons. The largest absolute Gasteiger partial charge is 0.493 e. The van der Waals surface area contributed by atoms with Crippen LogP contribution in [0.25, 0.3) is 0 Å². The Kier molecular flexibility index (Phi) is 8.33. The van der Waals surface area contributed by atoms with Crippen LogP contribution in [-0.4, -0.2) is 44.0 Å². The van der Waals surface area contributed by atoms with Crippen LogP contribution < -0.4 is 14.8 Å². The van der Waals surface area contributed by atoms with Crippen LogP contribution in [0.15, 0.2) is 60.3 Å². The van der Waals surface area contributed by atoms with E-state index in [4.69, 9.17) is 14.2 Å². The summed E-state index contributed by atoms with van der Waals surface area (Å²) in [5.41, 5.74) is 1.34. The standard InChI is InChI=1S/C31H38N2O6/c1-30(2)14-13-26-31(20-30,29(36)39-5)17-23(28(35)33(26)19-21-9-7-6-8-10-21)16-27(34)32-18-22-11-12-24(37-3)25(15-22)38-4/h6-13,15,23H,14,16-20H2,1-5H3,(H,32,34)/t23-,31-/m1/s1. The molecule has 0 unspecified atom stereocenters. The van der Waals surface area contributed by atoms with E-state index >= 15 is 0 Å². The van der Waals surface area contributed by atoms with Crippen molar-refractivity contribution in [1.82, 2.24) is 10.2 Å². The summed E-state index contributed by atoms with van der Waals surface area (Å²) in [4.78, 5) is 42.2. The molecule has 2 aromatic rings. The van der Waals surface area contributed by atoms with Gasteiger partial charge in [-0.1, -0.05) is 56.3 Å². The minimum atomic E-state index is -0.993. The molecule has 4 rings (SSSR count). The van der Waals surface area contributed by atoms with Gasteiger partial charge < -0.3 is 24.4 Å². The summed E-state index contributed by atoms with van der Waals surface area (Å²) in [6.45, 7) is 4.84. The second-order valence-electron chi connectivity index (χ2n) is 11.2. The highest BCUT2D eigenvalue weighted by Gasteiger charge is 2.57. The number of rotatable bonds is 9. The van der Waals surface area contributed by atoms with Gasteiger partial charge in [0.05, 0.1) is 27.9 Å². The molecule has 1 saturated heterocycles. The first-order chi connectivity index (χ1) is 18.6. The van der Waals surface area contributed by atoms with Crippen LogP contribution in [0.2, 0.25) is 0 Å². The fourth-order valence-corrected chi connectivity index (χ4v) is 5.97. The number of carbonyl (C=O) groups is 3. The molecule has 2 aliphatic rings. The van der Waals surface area contributed by atoms with Gasteiger partial charge >= 0.3 is 5.97 Å². The van der Waals surface area contributed by atoms with Gasteiger partial charge in [-0.25, -0.2) is 0 Å². The molecule has 0 saturated carbocycles. The number of fused-ring (bicyclic) bond motifs is 1. The fourth-order valence-electron chi connectivity index (χ4n) is 5.97. The minimum absolute atomic E-state index is 0.0239. The predicted octanol–water partition coefficient (Wildman–Crippen LogP) is 4.62. The number of methoxy groups -OCH3 is 3. The van der Waals surface area contributed by atoms with Crippen molar-refractivity contribution >= 4 is 17.8 Å². The molecule has 39 heavy (non-hydrogen) atoms. The van der Waals surface area contributed by atoms with Gasteiger partial charge in [-0.15, -0.1) is 0 Å². The van der Waals surface area contributed by atoms with E-state index < -0.39 is 11.3 Å². The number of nitrogens with one attached hydrogen (secondary N) is 1. The van der Waals surface area contributed by atoms with Gasteiger partial charge in [-0.3, -0.25) is 14.4 Å². The number of hydrogen-bond acceptors (Lipinski definition) is 6. The summed E-state index contributed by atoms with van der Waals surface area (Å²) in [6, 6.07) is 15.1. The number of carbonyl (C=O) groups excluding carboxylic acids is 3. The Morgan fingerprint density at radius 3 is 2.38 bits per heavy atom. The Labute approximate surface area is 230 Å². The highest BCUT2D eigenvalue weighted by molar-refractivity contribution is 5.92. The van der Waals surface area contributed by atoms with E-state index in [1.54, 1.807) is 31.3 Å². The molecular formula is C31H38N2O6. The third-order valence-electron chi connectivity index (χ3n) is 7.75. The monoisotopic (exact) mass is 534 g/mol. The number of hydrogen-bond donors (Lipinski definition) is 1. The Bertz CT molecular complexity index is 1250. The average molecular weight is 535 g/mol. The van der Waals surface area contributed by atoms with Gasteiger partial charge in [0.15, 0.2) is 11.5 Å². The van der Waals surface area contributed by atoms with Gasteiger partial charge in [-0.2, -0.15) is 0 Å². The molecule has 208 valence electrons. The first-order valence-electron chi connectivity index (χ1n) is 13.2. The Balaban J connectivity index is 1.59. The predicted molar refractivity (Wildman–Crippen MR) is 147 cm³/mol. The van der Waals surface area contributed by atoms with Crippen LogP contribution in [-0.2, 0) is 32.2 Å². The van der Waals surface area contributed by atoms with E-state index in [9.17, 15) is 14.4 Å². The summed E-state index contributed by atoms with van der Waals surface area (Å²) < 4.78 is 16.0. The normalized spacial score (nSPS) is 21.9. The van der Waals surface area contributed by atoms with Gasteiger partial charge in [0, 0.05) is 24.6 Å². The van der Waals surface area contributed by atoms with Crippen molar-refractivity contribution in [3.63, 3.8) is 0 Å². The molecule has 0 spiro atoms. The van der Waals surface area contributed by atoms with Gasteiger partial charge in [0.2, 0.25) is 11.8 Å². The number of allylic oxidation sites excluding steroid dienone is 1. The summed E-state index contributed by atoms with van der Waals surface area (Å²) >= 11 is 0. The van der Waals surface area contributed by atoms with Crippen LogP contribution in [0.3, 0.4) is 0 Å². The maximum Gasteiger partial charge on any atom is 0.317 e. The summed E-state index contributed by atoms with van der Waals surface area (Å²) in [5.74, 6) is -0.253. The fraction of sp³-hybridized carbons (Fsp3) is 0.452. The molecule has 8 nitrogen and oxygen atoms in total. The number of likely N-dealkylation sites (tertiary alicyclic amines) is 1. The van der Waals surface area contributed by atoms with E-state index in [0.717, 1.165) is 17.5 Å². The SMILES string of the molecule is COC(=O)[C@@]12C[C@@H](CC(=O)NCc3ccc(OC)c(OC)c3)C(=O)N(Cc3ccccc3)C1=CCC(C)(C)C2. The third-order valence-corrected chi connectivity index (χ3v) is 7.75. The van der Waals surface area contributed by atoms with Crippen molar-refractivity contribution in [1.29, 1.82) is 0 Å². The number of amides is 2. The zero-order valence-corrected chi connectivity index (χ0v) is 23.4. The quantitative estimate of drug-likeness (QED) is 0.472. The number of ether oxygens (including phenoxy) is 3. The summed E-state index contributed by atoms with van der Waals surface area (Å²) in [6.07, 6.45) is 3.53. The lowest BCUT2D eigenvalue weighted by atomic mass is 9.59. The Morgan fingerprint density at radius 1 is 1.00 bits per heavy atom. The van der Waals surface area contributed by atoms with E-state index in [0.29, 0.717) is 30.2 Å². The molecule has 0 aromatic heterocycles. The molecule has 2 aromatic carbocycles. The number of esters is 1. The Morgan fingerprint density at radius 2 is 1.72 bits per heavy atom. The molecular weight excluding hydrogens is 496 g/mol. The van der Waals surface area contributed by atoms with E-state index in [-0.39, 0.29) is 42.6 Å². The smallest absolute Gasteiger partial charge is 0.317 e. The summed E-state index contributed by atoms with van der Waals surface area (Å²) in [7, 11) is 4.51. The molecule has 1 fully saturated rings. The molecule has 1 heterocycles. The van der Waals surface area contributed by atoms with Gasteiger partial charge in [-0.05, 0) is 47.9 Å². The van der Waals surface area contributed by atoms with Crippen molar-refractivity contribution in [2.45, 2.75) is 52.6 Å². The number of benzene rings is 2. The van der Waals surface area contributed by atoms with Crippen molar-refractivity contribution in [3.8, 4) is 11.5 Å². The lowest BCUT2D eigenvalue weighted by molar-refractivity contribution is -0.162. The second kappa shape index (κ2) is 11.5. The molecule has 1 N–H and O–H groups in total. The first-order valence-corrected chi connectivity index (χ1v) is 13.2. The first kappa shape index (κ1) is 28.2. The Hall–Kier alpha value is -3.81. The molecule has 8 heteroatoms. The van der Waals surface area contributed by atoms with Crippen molar-refractivity contribution < 1.29 is 28.6 Å². The molecule has 1 aliphatic carbocycles. The zero-order valence-electron chi connectivity index (χ0n) is 23.4. The van der Waals surface area contributed by atoms with E-state index in [1.807, 2.05) is 42.5 Å². The lowest BCUT2D eigenvalue weighted by Gasteiger charge is -2.51. The highest BCUT2D eigenvalue weighted by atomic mass is 16.5. The lowest BCUT2D eigenvalue weighted by Crippen LogP contribution is -2.55. The number of piperidine rings is 1. The van der Waals surface area contributed by atoms with E-state index in [2.05, 4.69) is 19.2 Å². The van der Waals surface area contributed by atoms with Crippen LogP contribution >= 0.6 is 0 Å². The van der Waals surface area contributed by atoms with Crippen LogP contribution in [0.4, 0.5) is 0 Å².